The molecule has 1 heterocycles. The summed E-state index contributed by atoms with van der Waals surface area (Å²) in [7, 11) is 1.60. The summed E-state index contributed by atoms with van der Waals surface area (Å²) in [5.41, 5.74) is 2.23. The number of methoxy groups -OCH3 is 1. The molecule has 0 unspecified atom stereocenters. The van der Waals surface area contributed by atoms with Gasteiger partial charge in [-0.2, -0.15) is 0 Å². The molecule has 0 aliphatic rings. The van der Waals surface area contributed by atoms with E-state index in [-0.39, 0.29) is 11.7 Å². The monoisotopic (exact) mass is 368 g/mol. The molecular weight excluding hydrogens is 359 g/mol. The van der Waals surface area contributed by atoms with Gasteiger partial charge in [0.25, 0.3) is 0 Å². The Hall–Kier alpha value is -1.59. The zero-order valence-corrected chi connectivity index (χ0v) is 13.4. The summed E-state index contributed by atoms with van der Waals surface area (Å²) in [5, 5.41) is 0. The Morgan fingerprint density at radius 1 is 1.29 bits per heavy atom. The summed E-state index contributed by atoms with van der Waals surface area (Å²) in [6.07, 6.45) is 0. The highest BCUT2D eigenvalue weighted by atomic mass is 79.9. The molecule has 0 saturated heterocycles. The SMILES string of the molecule is COc1ccc(-n2c(CCl)nc3ccc(F)cc32)cc1Br. The van der Waals surface area contributed by atoms with Gasteiger partial charge >= 0.3 is 0 Å². The number of fused-ring (bicyclic) bond motifs is 1. The zero-order chi connectivity index (χ0) is 15.0. The minimum Gasteiger partial charge on any atom is -0.496 e. The predicted molar refractivity (Wildman–Crippen MR) is 84.8 cm³/mol. The summed E-state index contributed by atoms with van der Waals surface area (Å²) in [6.45, 7) is 0. The van der Waals surface area contributed by atoms with Gasteiger partial charge in [0.05, 0.1) is 28.5 Å². The highest BCUT2D eigenvalue weighted by molar-refractivity contribution is 9.10. The molecule has 0 fully saturated rings. The molecule has 1 aromatic heterocycles. The third kappa shape index (κ3) is 2.51. The van der Waals surface area contributed by atoms with Crippen LogP contribution in [-0.4, -0.2) is 16.7 Å². The van der Waals surface area contributed by atoms with Crippen molar-refractivity contribution in [3.8, 4) is 11.4 Å². The number of benzene rings is 2. The number of alkyl halides is 1. The van der Waals surface area contributed by atoms with Crippen LogP contribution in [-0.2, 0) is 5.88 Å². The van der Waals surface area contributed by atoms with Gasteiger partial charge in [0.15, 0.2) is 0 Å². The molecule has 0 bridgehead atoms. The van der Waals surface area contributed by atoms with Gasteiger partial charge in [-0.25, -0.2) is 9.37 Å². The molecule has 21 heavy (non-hydrogen) atoms. The van der Waals surface area contributed by atoms with E-state index < -0.39 is 0 Å². The second-order valence-corrected chi connectivity index (χ2v) is 5.57. The first kappa shape index (κ1) is 14.4. The van der Waals surface area contributed by atoms with Crippen molar-refractivity contribution in [2.75, 3.05) is 7.11 Å². The van der Waals surface area contributed by atoms with Gasteiger partial charge in [-0.15, -0.1) is 11.6 Å². The molecule has 0 aliphatic carbocycles. The first-order valence-corrected chi connectivity index (χ1v) is 7.53. The number of ether oxygens (including phenoxy) is 1. The van der Waals surface area contributed by atoms with E-state index in [1.54, 1.807) is 13.2 Å². The van der Waals surface area contributed by atoms with Crippen LogP contribution in [0.4, 0.5) is 4.39 Å². The van der Waals surface area contributed by atoms with E-state index in [2.05, 4.69) is 20.9 Å². The molecule has 6 heteroatoms. The summed E-state index contributed by atoms with van der Waals surface area (Å²) in [6, 6.07) is 10.1. The largest absolute Gasteiger partial charge is 0.496 e. The highest BCUT2D eigenvalue weighted by Crippen LogP contribution is 2.30. The smallest absolute Gasteiger partial charge is 0.133 e. The van der Waals surface area contributed by atoms with Crippen LogP contribution < -0.4 is 4.74 Å². The molecule has 0 atom stereocenters. The minimum absolute atomic E-state index is 0.236. The van der Waals surface area contributed by atoms with Crippen molar-refractivity contribution < 1.29 is 9.13 Å². The predicted octanol–water partition coefficient (Wildman–Crippen LogP) is 4.67. The molecular formula is C15H11BrClFN2O. The Labute approximate surface area is 134 Å². The van der Waals surface area contributed by atoms with Crippen molar-refractivity contribution in [3.63, 3.8) is 0 Å². The van der Waals surface area contributed by atoms with E-state index in [1.165, 1.54) is 12.1 Å². The quantitative estimate of drug-likeness (QED) is 0.627. The average molecular weight is 370 g/mol. The van der Waals surface area contributed by atoms with Crippen LogP contribution in [0.25, 0.3) is 16.7 Å². The first-order valence-electron chi connectivity index (χ1n) is 6.21. The van der Waals surface area contributed by atoms with Crippen LogP contribution in [0.5, 0.6) is 5.75 Å². The fourth-order valence-electron chi connectivity index (χ4n) is 2.27. The lowest BCUT2D eigenvalue weighted by Gasteiger charge is -2.10. The number of imidazole rings is 1. The van der Waals surface area contributed by atoms with Crippen LogP contribution >= 0.6 is 27.5 Å². The van der Waals surface area contributed by atoms with E-state index in [4.69, 9.17) is 16.3 Å². The van der Waals surface area contributed by atoms with Gasteiger partial charge in [0.1, 0.15) is 17.4 Å². The lowest BCUT2D eigenvalue weighted by molar-refractivity contribution is 0.412. The number of hydrogen-bond donors (Lipinski definition) is 0. The lowest BCUT2D eigenvalue weighted by atomic mass is 10.2. The van der Waals surface area contributed by atoms with Crippen molar-refractivity contribution in [1.29, 1.82) is 0 Å². The van der Waals surface area contributed by atoms with E-state index >= 15 is 0 Å². The number of hydrogen-bond acceptors (Lipinski definition) is 2. The van der Waals surface area contributed by atoms with Crippen LogP contribution in [0.1, 0.15) is 5.82 Å². The average Bonchev–Trinajstić information content (AvgIpc) is 2.84. The summed E-state index contributed by atoms with van der Waals surface area (Å²) in [4.78, 5) is 4.44. The Kier molecular flexibility index (Phi) is 3.87. The van der Waals surface area contributed by atoms with Gasteiger partial charge in [-0.3, -0.25) is 4.57 Å². The number of aromatic nitrogens is 2. The van der Waals surface area contributed by atoms with Crippen LogP contribution in [0.15, 0.2) is 40.9 Å². The maximum absolute atomic E-state index is 13.5. The maximum Gasteiger partial charge on any atom is 0.133 e. The minimum atomic E-state index is -0.308. The molecule has 0 radical (unpaired) electrons. The van der Waals surface area contributed by atoms with Gasteiger partial charge in [-0.05, 0) is 46.3 Å². The maximum atomic E-state index is 13.5. The van der Waals surface area contributed by atoms with Crippen LogP contribution in [0, 0.1) is 5.82 Å². The third-order valence-corrected chi connectivity index (χ3v) is 4.06. The molecule has 0 saturated carbocycles. The molecule has 2 aromatic carbocycles. The molecule has 0 aliphatic heterocycles. The van der Waals surface area contributed by atoms with Gasteiger partial charge in [0, 0.05) is 11.8 Å². The lowest BCUT2D eigenvalue weighted by Crippen LogP contribution is -2.00. The molecule has 3 rings (SSSR count). The number of halogens is 3. The summed E-state index contributed by atoms with van der Waals surface area (Å²) < 4.78 is 21.4. The summed E-state index contributed by atoms with van der Waals surface area (Å²) >= 11 is 9.43. The normalized spacial score (nSPS) is 11.0. The Morgan fingerprint density at radius 2 is 2.10 bits per heavy atom. The third-order valence-electron chi connectivity index (χ3n) is 3.20. The van der Waals surface area contributed by atoms with Crippen molar-refractivity contribution in [1.82, 2.24) is 9.55 Å². The van der Waals surface area contributed by atoms with E-state index in [1.807, 2.05) is 22.8 Å². The van der Waals surface area contributed by atoms with Crippen molar-refractivity contribution in [2.24, 2.45) is 0 Å². The highest BCUT2D eigenvalue weighted by Gasteiger charge is 2.13. The van der Waals surface area contributed by atoms with Gasteiger partial charge in [0.2, 0.25) is 0 Å². The fourth-order valence-corrected chi connectivity index (χ4v) is 2.98. The topological polar surface area (TPSA) is 27.1 Å². The summed E-state index contributed by atoms with van der Waals surface area (Å²) in [5.74, 6) is 1.31. The zero-order valence-electron chi connectivity index (χ0n) is 11.1. The molecule has 108 valence electrons. The number of nitrogens with zero attached hydrogens (tertiary/aromatic N) is 2. The first-order chi connectivity index (χ1) is 10.1. The molecule has 0 spiro atoms. The van der Waals surface area contributed by atoms with Crippen molar-refractivity contribution in [2.45, 2.75) is 5.88 Å². The Morgan fingerprint density at radius 3 is 2.76 bits per heavy atom. The second kappa shape index (κ2) is 5.66. The molecule has 3 nitrogen and oxygen atoms in total. The van der Waals surface area contributed by atoms with Crippen LogP contribution in [0.3, 0.4) is 0 Å². The fraction of sp³-hybridized carbons (Fsp3) is 0.133. The Balaban J connectivity index is 2.27. The Bertz CT molecular complexity index is 819. The second-order valence-electron chi connectivity index (χ2n) is 4.45. The van der Waals surface area contributed by atoms with E-state index in [0.717, 1.165) is 15.9 Å². The van der Waals surface area contributed by atoms with Gasteiger partial charge < -0.3 is 4.74 Å². The van der Waals surface area contributed by atoms with Gasteiger partial charge in [-0.1, -0.05) is 0 Å². The number of rotatable bonds is 3. The van der Waals surface area contributed by atoms with Crippen molar-refractivity contribution >= 4 is 38.6 Å². The van der Waals surface area contributed by atoms with E-state index in [0.29, 0.717) is 16.9 Å². The standard InChI is InChI=1S/C15H11BrClFN2O/c1-21-14-5-3-10(7-11(14)16)20-13-6-9(18)2-4-12(13)19-15(20)8-17/h2-7H,8H2,1H3. The van der Waals surface area contributed by atoms with Crippen molar-refractivity contribution in [3.05, 3.63) is 52.5 Å². The molecule has 3 aromatic rings. The molecule has 0 amide bonds. The molecule has 0 N–H and O–H groups in total. The van der Waals surface area contributed by atoms with E-state index in [9.17, 15) is 4.39 Å². The van der Waals surface area contributed by atoms with Crippen LogP contribution in [0.2, 0.25) is 0 Å².